The van der Waals surface area contributed by atoms with Gasteiger partial charge in [-0.1, -0.05) is 30.3 Å². The number of aryl methyl sites for hydroxylation is 1. The molecule has 1 saturated heterocycles. The van der Waals surface area contributed by atoms with Gasteiger partial charge in [0, 0.05) is 26.4 Å². The summed E-state index contributed by atoms with van der Waals surface area (Å²) in [6, 6.07) is 13.0. The number of hydrogen-bond acceptors (Lipinski definition) is 4. The molecule has 0 radical (unpaired) electrons. The monoisotopic (exact) mass is 420 g/mol. The summed E-state index contributed by atoms with van der Waals surface area (Å²) in [6.45, 7) is 2.81. The summed E-state index contributed by atoms with van der Waals surface area (Å²) in [4.78, 5) is 14.9. The first-order valence-corrected chi connectivity index (χ1v) is 11.4. The zero-order chi connectivity index (χ0) is 21.7. The van der Waals surface area contributed by atoms with Crippen molar-refractivity contribution in [3.8, 4) is 6.07 Å². The molecule has 1 aliphatic heterocycles. The zero-order valence-electron chi connectivity index (χ0n) is 18.4. The lowest BCUT2D eigenvalue weighted by molar-refractivity contribution is 0.0133. The Labute approximate surface area is 184 Å². The van der Waals surface area contributed by atoms with Crippen molar-refractivity contribution in [2.75, 3.05) is 26.8 Å². The first-order valence-electron chi connectivity index (χ1n) is 11.4. The molecule has 1 aromatic heterocycles. The quantitative estimate of drug-likeness (QED) is 0.608. The summed E-state index contributed by atoms with van der Waals surface area (Å²) in [7, 11) is 1.79. The molecule has 0 spiro atoms. The summed E-state index contributed by atoms with van der Waals surface area (Å²) in [6.07, 6.45) is 9.44. The second kappa shape index (κ2) is 9.65. The Morgan fingerprint density at radius 2 is 2.06 bits per heavy atom. The van der Waals surface area contributed by atoms with E-state index in [1.165, 1.54) is 24.8 Å². The fourth-order valence-corrected chi connectivity index (χ4v) is 5.07. The lowest BCUT2D eigenvalue weighted by Gasteiger charge is -2.41. The molecule has 0 bridgehead atoms. The Hall–Kier alpha value is -2.65. The van der Waals surface area contributed by atoms with E-state index in [2.05, 4.69) is 41.5 Å². The van der Waals surface area contributed by atoms with Crippen LogP contribution in [0.1, 0.15) is 60.4 Å². The predicted octanol–water partition coefficient (Wildman–Crippen LogP) is 4.25. The van der Waals surface area contributed by atoms with Crippen molar-refractivity contribution in [1.29, 1.82) is 5.26 Å². The number of rotatable bonds is 9. The topological polar surface area (TPSA) is 71.2 Å². The third kappa shape index (κ3) is 5.16. The number of nitrogens with zero attached hydrogens (tertiary/aromatic N) is 4. The lowest BCUT2D eigenvalue weighted by atomic mass is 9.74. The molecule has 6 heteroatoms. The molecule has 1 saturated carbocycles. The number of benzene rings is 1. The molecule has 2 aliphatic rings. The Balaban J connectivity index is 1.29. The molecule has 2 aromatic rings. The SMILES string of the molecule is COCC1(CC[C@@H]2CC2c2ccccc2)CCN(C(=O)c2cnn(CCC#N)c2)CC1. The smallest absolute Gasteiger partial charge is 0.257 e. The summed E-state index contributed by atoms with van der Waals surface area (Å²) >= 11 is 0. The second-order valence-corrected chi connectivity index (χ2v) is 9.18. The molecule has 1 unspecified atom stereocenters. The molecule has 1 aliphatic carbocycles. The van der Waals surface area contributed by atoms with E-state index in [9.17, 15) is 4.79 Å². The summed E-state index contributed by atoms with van der Waals surface area (Å²) < 4.78 is 7.30. The van der Waals surface area contributed by atoms with Crippen LogP contribution in [0.4, 0.5) is 0 Å². The number of aromatic nitrogens is 2. The molecule has 0 N–H and O–H groups in total. The Bertz CT molecular complexity index is 909. The van der Waals surface area contributed by atoms with E-state index in [0.717, 1.165) is 44.4 Å². The van der Waals surface area contributed by atoms with Gasteiger partial charge in [0.1, 0.15) is 0 Å². The normalized spacial score (nSPS) is 22.1. The first kappa shape index (κ1) is 21.6. The average Bonchev–Trinajstić information content (AvgIpc) is 3.44. The number of ether oxygens (including phenoxy) is 1. The number of methoxy groups -OCH3 is 1. The van der Waals surface area contributed by atoms with Crippen LogP contribution in [-0.4, -0.2) is 47.4 Å². The first-order chi connectivity index (χ1) is 15.1. The van der Waals surface area contributed by atoms with Gasteiger partial charge in [-0.15, -0.1) is 0 Å². The van der Waals surface area contributed by atoms with Gasteiger partial charge in [0.05, 0.1) is 37.4 Å². The van der Waals surface area contributed by atoms with Gasteiger partial charge in [-0.3, -0.25) is 9.48 Å². The molecule has 1 aromatic carbocycles. The van der Waals surface area contributed by atoms with Crippen LogP contribution < -0.4 is 0 Å². The highest BCUT2D eigenvalue weighted by Crippen LogP contribution is 2.52. The standard InChI is InChI=1S/C25H32N4O2/c1-31-19-25(9-8-21-16-23(21)20-6-3-2-4-7-20)10-14-28(15-11-25)24(30)22-17-27-29(18-22)13-5-12-26/h2-4,6-7,17-18,21,23H,5,8-11,13-16,19H2,1H3/t21-,23?/m1/s1. The predicted molar refractivity (Wildman–Crippen MR) is 118 cm³/mol. The largest absolute Gasteiger partial charge is 0.384 e. The highest BCUT2D eigenvalue weighted by atomic mass is 16.5. The maximum absolute atomic E-state index is 12.9. The van der Waals surface area contributed by atoms with Crippen molar-refractivity contribution in [1.82, 2.24) is 14.7 Å². The van der Waals surface area contributed by atoms with E-state index in [1.54, 1.807) is 24.2 Å². The average molecular weight is 421 g/mol. The van der Waals surface area contributed by atoms with Crippen molar-refractivity contribution >= 4 is 5.91 Å². The van der Waals surface area contributed by atoms with Crippen LogP contribution in [0.2, 0.25) is 0 Å². The number of nitriles is 1. The van der Waals surface area contributed by atoms with Crippen LogP contribution in [0.3, 0.4) is 0 Å². The number of carbonyl (C=O) groups is 1. The second-order valence-electron chi connectivity index (χ2n) is 9.18. The van der Waals surface area contributed by atoms with E-state index in [4.69, 9.17) is 10.00 Å². The zero-order valence-corrected chi connectivity index (χ0v) is 18.4. The van der Waals surface area contributed by atoms with Gasteiger partial charge in [-0.05, 0) is 54.9 Å². The molecular weight excluding hydrogens is 388 g/mol. The van der Waals surface area contributed by atoms with Crippen molar-refractivity contribution in [3.05, 3.63) is 53.9 Å². The number of amides is 1. The van der Waals surface area contributed by atoms with Gasteiger partial charge in [0.2, 0.25) is 0 Å². The lowest BCUT2D eigenvalue weighted by Crippen LogP contribution is -2.45. The summed E-state index contributed by atoms with van der Waals surface area (Å²) in [5.74, 6) is 1.55. The van der Waals surface area contributed by atoms with E-state index >= 15 is 0 Å². The molecule has 6 nitrogen and oxygen atoms in total. The third-order valence-electron chi connectivity index (χ3n) is 7.09. The Morgan fingerprint density at radius 1 is 1.29 bits per heavy atom. The molecule has 2 heterocycles. The van der Waals surface area contributed by atoms with Crippen LogP contribution in [0.15, 0.2) is 42.7 Å². The van der Waals surface area contributed by atoms with Gasteiger partial charge in [-0.2, -0.15) is 10.4 Å². The molecule has 4 rings (SSSR count). The third-order valence-corrected chi connectivity index (χ3v) is 7.09. The van der Waals surface area contributed by atoms with Gasteiger partial charge in [0.15, 0.2) is 0 Å². The maximum Gasteiger partial charge on any atom is 0.257 e. The molecule has 2 fully saturated rings. The van der Waals surface area contributed by atoms with Crippen molar-refractivity contribution in [2.45, 2.75) is 51.0 Å². The molecule has 31 heavy (non-hydrogen) atoms. The van der Waals surface area contributed by atoms with Crippen LogP contribution in [0.5, 0.6) is 0 Å². The summed E-state index contributed by atoms with van der Waals surface area (Å²) in [5.41, 5.74) is 2.26. The fourth-order valence-electron chi connectivity index (χ4n) is 5.07. The minimum absolute atomic E-state index is 0.0422. The molecule has 1 amide bonds. The number of hydrogen-bond donors (Lipinski definition) is 0. The van der Waals surface area contributed by atoms with Crippen LogP contribution in [-0.2, 0) is 11.3 Å². The Morgan fingerprint density at radius 3 is 2.77 bits per heavy atom. The molecule has 164 valence electrons. The van der Waals surface area contributed by atoms with Crippen molar-refractivity contribution < 1.29 is 9.53 Å². The van der Waals surface area contributed by atoms with Gasteiger partial charge in [0.25, 0.3) is 5.91 Å². The van der Waals surface area contributed by atoms with E-state index < -0.39 is 0 Å². The number of carbonyl (C=O) groups excluding carboxylic acids is 1. The van der Waals surface area contributed by atoms with Crippen molar-refractivity contribution in [3.63, 3.8) is 0 Å². The van der Waals surface area contributed by atoms with E-state index in [-0.39, 0.29) is 11.3 Å². The van der Waals surface area contributed by atoms with Gasteiger partial charge < -0.3 is 9.64 Å². The van der Waals surface area contributed by atoms with Crippen LogP contribution >= 0.6 is 0 Å². The Kier molecular flexibility index (Phi) is 6.72. The highest BCUT2D eigenvalue weighted by molar-refractivity contribution is 5.93. The molecule has 2 atom stereocenters. The number of piperidine rings is 1. The minimum Gasteiger partial charge on any atom is -0.384 e. The van der Waals surface area contributed by atoms with Crippen molar-refractivity contribution in [2.24, 2.45) is 11.3 Å². The van der Waals surface area contributed by atoms with Gasteiger partial charge in [-0.25, -0.2) is 0 Å². The fraction of sp³-hybridized carbons (Fsp3) is 0.560. The van der Waals surface area contributed by atoms with Crippen LogP contribution in [0, 0.1) is 22.7 Å². The number of likely N-dealkylation sites (tertiary alicyclic amines) is 1. The maximum atomic E-state index is 12.9. The van der Waals surface area contributed by atoms with Crippen LogP contribution in [0.25, 0.3) is 0 Å². The van der Waals surface area contributed by atoms with E-state index in [0.29, 0.717) is 18.5 Å². The highest BCUT2D eigenvalue weighted by Gasteiger charge is 2.42. The minimum atomic E-state index is 0.0422. The molecular formula is C25H32N4O2. The van der Waals surface area contributed by atoms with E-state index in [1.807, 2.05) is 4.90 Å². The van der Waals surface area contributed by atoms with Gasteiger partial charge >= 0.3 is 0 Å². The summed E-state index contributed by atoms with van der Waals surface area (Å²) in [5, 5.41) is 12.9.